The highest BCUT2D eigenvalue weighted by Gasteiger charge is 2.40. The number of fused-ring (bicyclic) bond motifs is 1. The third-order valence-electron chi connectivity index (χ3n) is 11.6. The Morgan fingerprint density at radius 2 is 1.52 bits per heavy atom. The number of rotatable bonds is 23. The lowest BCUT2D eigenvalue weighted by Gasteiger charge is -2.32. The van der Waals surface area contributed by atoms with Gasteiger partial charge in [-0.05, 0) is 81.0 Å². The molecule has 0 bridgehead atoms. The molecule has 1 aromatic heterocycles. The minimum atomic E-state index is -1.32. The number of aromatic amines is 1. The van der Waals surface area contributed by atoms with Crippen molar-refractivity contribution in [2.24, 2.45) is 28.1 Å². The molecule has 1 aliphatic carbocycles. The van der Waals surface area contributed by atoms with E-state index in [1.165, 1.54) is 4.90 Å². The number of carbonyl (C=O) groups excluding carboxylic acids is 5. The molecule has 2 aromatic carbocycles. The highest BCUT2D eigenvalue weighted by Crippen LogP contribution is 2.28. The van der Waals surface area contributed by atoms with Gasteiger partial charge in [0, 0.05) is 44.4 Å². The lowest BCUT2D eigenvalue weighted by atomic mass is 9.84. The van der Waals surface area contributed by atoms with Crippen LogP contribution in [0.15, 0.2) is 65.8 Å². The van der Waals surface area contributed by atoms with Crippen molar-refractivity contribution < 1.29 is 35.2 Å². The van der Waals surface area contributed by atoms with Crippen LogP contribution in [0.2, 0.25) is 0 Å². The standard InChI is InChI=1S/C45H64N10O7/c46-23-9-18-34(51-39(56)22-21-29-12-3-1-4-13-29)43(60)55-25-11-20-38(55)42(59)54-36(26-30-14-5-2-6-15-30)40(57)53-37(27-31-28-50-33-17-8-7-16-32(31)33)41(58)52-35(44(61)62)19-10-24-49-45(47)48/h1,3-4,7-8,12-13,16-17,28,30,34-38,50H,2,5-6,9-11,14-15,18-27,46H2,(H,51,56)(H,52,58)(H,53,57)(H,54,59)(H,61,62)(H4,47,48,49)/t34-,35-,36-,37-,38-/m0/s1/i30D. The number of likely N-dealkylation sites (tertiary alicyclic amines) is 1. The molecule has 3 aromatic rings. The van der Waals surface area contributed by atoms with Crippen molar-refractivity contribution in [3.05, 3.63) is 71.9 Å². The Labute approximate surface area is 364 Å². The number of benzene rings is 2. The fourth-order valence-corrected chi connectivity index (χ4v) is 8.31. The van der Waals surface area contributed by atoms with E-state index in [-0.39, 0.29) is 63.5 Å². The van der Waals surface area contributed by atoms with E-state index in [2.05, 4.69) is 31.2 Å². The van der Waals surface area contributed by atoms with E-state index in [1.54, 1.807) is 6.20 Å². The van der Waals surface area contributed by atoms with Gasteiger partial charge in [0.2, 0.25) is 29.5 Å². The number of amides is 5. The minimum Gasteiger partial charge on any atom is -0.480 e. The SMILES string of the molecule is [2H]C1(C[C@H](NC(=O)[C@@H]2CCCN2C(=O)[C@H](CCCN)NC(=O)CCc2ccccc2)C(=O)N[C@@H](Cc2c[nH]c3ccccc23)C(=O)N[C@@H](CCCN=C(N)N)C(=O)O)CCCCC1. The predicted molar refractivity (Wildman–Crippen MR) is 236 cm³/mol. The van der Waals surface area contributed by atoms with E-state index in [0.717, 1.165) is 35.7 Å². The predicted octanol–water partition coefficient (Wildman–Crippen LogP) is 2.12. The summed E-state index contributed by atoms with van der Waals surface area (Å²) in [5.74, 6) is -5.25. The number of nitrogens with one attached hydrogen (secondary N) is 5. The molecule has 5 amide bonds. The van der Waals surface area contributed by atoms with Crippen LogP contribution in [0, 0.1) is 5.89 Å². The summed E-state index contributed by atoms with van der Waals surface area (Å²) >= 11 is 0. The molecule has 336 valence electrons. The lowest BCUT2D eigenvalue weighted by Crippen LogP contribution is -2.59. The number of H-pyrrole nitrogens is 1. The van der Waals surface area contributed by atoms with Gasteiger partial charge in [-0.1, -0.05) is 80.6 Å². The van der Waals surface area contributed by atoms with E-state index in [0.29, 0.717) is 50.6 Å². The van der Waals surface area contributed by atoms with Crippen LogP contribution in [-0.2, 0) is 41.6 Å². The maximum atomic E-state index is 14.5. The zero-order valence-electron chi connectivity index (χ0n) is 36.4. The summed E-state index contributed by atoms with van der Waals surface area (Å²) in [7, 11) is 0. The molecule has 62 heavy (non-hydrogen) atoms. The number of aromatic nitrogens is 1. The smallest absolute Gasteiger partial charge is 0.326 e. The first kappa shape index (κ1) is 45.6. The molecule has 2 heterocycles. The van der Waals surface area contributed by atoms with E-state index in [9.17, 15) is 35.2 Å². The Morgan fingerprint density at radius 1 is 0.823 bits per heavy atom. The summed E-state index contributed by atoms with van der Waals surface area (Å²) in [5.41, 5.74) is 19.1. The van der Waals surface area contributed by atoms with Crippen molar-refractivity contribution in [3.8, 4) is 0 Å². The zero-order chi connectivity index (χ0) is 45.4. The fourth-order valence-electron chi connectivity index (χ4n) is 8.31. The molecule has 0 unspecified atom stereocenters. The molecule has 2 fully saturated rings. The highest BCUT2D eigenvalue weighted by molar-refractivity contribution is 5.97. The number of hydrogen-bond acceptors (Lipinski definition) is 8. The molecule has 1 saturated heterocycles. The van der Waals surface area contributed by atoms with Crippen LogP contribution in [0.1, 0.15) is 96.0 Å². The fraction of sp³-hybridized carbons (Fsp3) is 0.533. The first-order valence-electron chi connectivity index (χ1n) is 22.3. The van der Waals surface area contributed by atoms with Crippen LogP contribution in [0.25, 0.3) is 10.9 Å². The quantitative estimate of drug-likeness (QED) is 0.0381. The number of aliphatic carboxylic acids is 1. The van der Waals surface area contributed by atoms with Gasteiger partial charge in [-0.3, -0.25) is 29.0 Å². The number of carbonyl (C=O) groups is 6. The molecular weight excluding hydrogens is 793 g/mol. The van der Waals surface area contributed by atoms with E-state index >= 15 is 0 Å². The second kappa shape index (κ2) is 23.9. The van der Waals surface area contributed by atoms with Crippen molar-refractivity contribution in [2.75, 3.05) is 19.6 Å². The average Bonchev–Trinajstić information content (AvgIpc) is 3.93. The van der Waals surface area contributed by atoms with Crippen LogP contribution in [0.3, 0.4) is 0 Å². The van der Waals surface area contributed by atoms with Gasteiger partial charge in [0.05, 0.1) is 0 Å². The van der Waals surface area contributed by atoms with E-state index in [4.69, 9.17) is 17.2 Å². The van der Waals surface area contributed by atoms with Crippen molar-refractivity contribution in [1.82, 2.24) is 31.2 Å². The number of para-hydroxylation sites is 1. The third kappa shape index (κ3) is 14.0. The number of nitrogens with two attached hydrogens (primary N) is 3. The third-order valence-corrected chi connectivity index (χ3v) is 11.6. The van der Waals surface area contributed by atoms with Gasteiger partial charge in [0.15, 0.2) is 5.96 Å². The molecule has 1 aliphatic heterocycles. The maximum absolute atomic E-state index is 14.5. The van der Waals surface area contributed by atoms with Crippen molar-refractivity contribution >= 4 is 52.4 Å². The van der Waals surface area contributed by atoms with Gasteiger partial charge < -0.3 is 53.5 Å². The number of carboxylic acid groups (broad SMARTS) is 1. The number of guanidine groups is 1. The highest BCUT2D eigenvalue weighted by atomic mass is 16.4. The average molecular weight is 858 g/mol. The molecule has 5 rings (SSSR count). The van der Waals surface area contributed by atoms with Gasteiger partial charge >= 0.3 is 5.97 Å². The molecule has 17 heteroatoms. The molecule has 1 saturated carbocycles. The van der Waals surface area contributed by atoms with Gasteiger partial charge in [0.1, 0.15) is 30.2 Å². The van der Waals surface area contributed by atoms with Crippen LogP contribution in [0.5, 0.6) is 0 Å². The number of hydrogen-bond donors (Lipinski definition) is 9. The van der Waals surface area contributed by atoms with E-state index < -0.39 is 65.7 Å². The van der Waals surface area contributed by atoms with Crippen molar-refractivity contribution in [2.45, 2.75) is 127 Å². The summed E-state index contributed by atoms with van der Waals surface area (Å²) in [6.07, 6.45) is 7.66. The zero-order valence-corrected chi connectivity index (χ0v) is 35.4. The second-order valence-electron chi connectivity index (χ2n) is 16.3. The molecular formula is C45H64N10O7. The Balaban J connectivity index is 1.35. The Bertz CT molecular complexity index is 2050. The van der Waals surface area contributed by atoms with Crippen LogP contribution in [0.4, 0.5) is 0 Å². The summed E-state index contributed by atoms with van der Waals surface area (Å²) in [6.45, 7) is 0.712. The van der Waals surface area contributed by atoms with Crippen molar-refractivity contribution in [1.29, 1.82) is 0 Å². The number of carboxylic acids is 1. The van der Waals surface area contributed by atoms with Gasteiger partial charge in [0.25, 0.3) is 0 Å². The molecule has 17 nitrogen and oxygen atoms in total. The van der Waals surface area contributed by atoms with Gasteiger partial charge in [-0.2, -0.15) is 0 Å². The first-order valence-corrected chi connectivity index (χ1v) is 21.8. The second-order valence-corrected chi connectivity index (χ2v) is 16.3. The summed E-state index contributed by atoms with van der Waals surface area (Å²) < 4.78 is 9.32. The Hall–Kier alpha value is -5.97. The normalized spacial score (nSPS) is 18.0. The van der Waals surface area contributed by atoms with Crippen LogP contribution < -0.4 is 38.5 Å². The molecule has 0 radical (unpaired) electrons. The topological polar surface area (TPSA) is 280 Å². The molecule has 0 spiro atoms. The summed E-state index contributed by atoms with van der Waals surface area (Å²) in [4.78, 5) is 91.0. The Kier molecular flexibility index (Phi) is 17.5. The largest absolute Gasteiger partial charge is 0.480 e. The summed E-state index contributed by atoms with van der Waals surface area (Å²) in [5, 5.41) is 22.0. The molecule has 12 N–H and O–H groups in total. The summed E-state index contributed by atoms with van der Waals surface area (Å²) in [6, 6.07) is 11.2. The lowest BCUT2D eigenvalue weighted by molar-refractivity contribution is -0.143. The Morgan fingerprint density at radius 3 is 2.24 bits per heavy atom. The van der Waals surface area contributed by atoms with E-state index in [1.807, 2.05) is 54.6 Å². The first-order chi connectivity index (χ1) is 30.3. The van der Waals surface area contributed by atoms with Crippen LogP contribution in [-0.4, -0.2) is 106 Å². The molecule has 2 aliphatic rings. The maximum Gasteiger partial charge on any atom is 0.326 e. The van der Waals surface area contributed by atoms with Gasteiger partial charge in [-0.15, -0.1) is 0 Å². The number of aryl methyl sites for hydroxylation is 1. The number of nitrogens with zero attached hydrogens (tertiary/aromatic N) is 2. The van der Waals surface area contributed by atoms with Crippen molar-refractivity contribution in [3.63, 3.8) is 0 Å². The van der Waals surface area contributed by atoms with Gasteiger partial charge in [-0.25, -0.2) is 4.79 Å². The minimum absolute atomic E-state index is 0.00665. The number of aliphatic imine (C=N–C) groups is 1. The van der Waals surface area contributed by atoms with Crippen LogP contribution >= 0.6 is 0 Å². The monoisotopic (exact) mass is 858 g/mol. The molecule has 5 atom stereocenters.